The molecule has 8 heteroatoms. The first-order valence-electron chi connectivity index (χ1n) is 10.6. The molecule has 2 bridgehead atoms. The summed E-state index contributed by atoms with van der Waals surface area (Å²) in [6, 6.07) is 7.05. The van der Waals surface area contributed by atoms with Crippen LogP contribution in [0.3, 0.4) is 0 Å². The van der Waals surface area contributed by atoms with Crippen LogP contribution in [0.4, 0.5) is 13.2 Å². The van der Waals surface area contributed by atoms with Gasteiger partial charge in [-0.05, 0) is 57.6 Å². The first-order valence-corrected chi connectivity index (χ1v) is 10.6. The summed E-state index contributed by atoms with van der Waals surface area (Å²) < 4.78 is 55.1. The van der Waals surface area contributed by atoms with Gasteiger partial charge in [-0.1, -0.05) is 17.3 Å². The number of nitrogens with zero attached hydrogens (tertiary/aromatic N) is 1. The van der Waals surface area contributed by atoms with E-state index < -0.39 is 6.36 Å². The molecular weight excluding hydrogens is 397 g/mol. The van der Waals surface area contributed by atoms with E-state index in [9.17, 15) is 13.2 Å². The first-order chi connectivity index (χ1) is 14.4. The lowest BCUT2D eigenvalue weighted by molar-refractivity contribution is -0.274. The van der Waals surface area contributed by atoms with Gasteiger partial charge in [0, 0.05) is 23.6 Å². The molecule has 2 saturated heterocycles. The van der Waals surface area contributed by atoms with E-state index in [1.54, 1.807) is 12.1 Å². The Morgan fingerprint density at radius 3 is 2.47 bits per heavy atom. The van der Waals surface area contributed by atoms with Crippen molar-refractivity contribution in [3.8, 4) is 17.0 Å². The van der Waals surface area contributed by atoms with Crippen LogP contribution in [0.2, 0.25) is 0 Å². The summed E-state index contributed by atoms with van der Waals surface area (Å²) >= 11 is 0. The minimum atomic E-state index is -4.78. The summed E-state index contributed by atoms with van der Waals surface area (Å²) in [5.74, 6) is 0.706. The molecule has 0 amide bonds. The average Bonchev–Trinajstić information content (AvgIpc) is 3.34. The number of halogens is 3. The van der Waals surface area contributed by atoms with Crippen LogP contribution in [0, 0.1) is 0 Å². The van der Waals surface area contributed by atoms with E-state index in [4.69, 9.17) is 9.26 Å². The van der Waals surface area contributed by atoms with Crippen LogP contribution in [0.5, 0.6) is 5.75 Å². The van der Waals surface area contributed by atoms with E-state index in [0.29, 0.717) is 17.8 Å². The van der Waals surface area contributed by atoms with Crippen molar-refractivity contribution in [3.63, 3.8) is 0 Å². The highest BCUT2D eigenvalue weighted by Gasteiger charge is 2.39. The van der Waals surface area contributed by atoms with Crippen molar-refractivity contribution in [1.82, 2.24) is 10.5 Å². The molecule has 1 aromatic heterocycles. The van der Waals surface area contributed by atoms with E-state index in [1.807, 2.05) is 6.92 Å². The summed E-state index contributed by atoms with van der Waals surface area (Å²) in [6.45, 7) is 1.94. The van der Waals surface area contributed by atoms with E-state index >= 15 is 0 Å². The maximum absolute atomic E-state index is 12.9. The van der Waals surface area contributed by atoms with Gasteiger partial charge in [-0.3, -0.25) is 0 Å². The Morgan fingerprint density at radius 2 is 1.80 bits per heavy atom. The van der Waals surface area contributed by atoms with Crippen molar-refractivity contribution in [2.24, 2.45) is 0 Å². The third-order valence-electron chi connectivity index (χ3n) is 6.30. The zero-order chi connectivity index (χ0) is 20.9. The molecule has 1 saturated carbocycles. The number of benzene rings is 1. The molecule has 2 aliphatic heterocycles. The lowest BCUT2D eigenvalue weighted by atomic mass is 9.98. The van der Waals surface area contributed by atoms with Gasteiger partial charge >= 0.3 is 6.36 Å². The summed E-state index contributed by atoms with van der Waals surface area (Å²) in [5.41, 5.74) is 1.39. The average molecular weight is 422 g/mol. The number of para-hydroxylation sites is 1. The first kappa shape index (κ1) is 19.9. The minimum Gasteiger partial charge on any atom is -0.405 e. The fourth-order valence-electron chi connectivity index (χ4n) is 4.89. The number of aromatic nitrogens is 1. The lowest BCUT2D eigenvalue weighted by Crippen LogP contribution is -2.41. The molecule has 5 rings (SSSR count). The molecule has 0 radical (unpaired) electrons. The third-order valence-corrected chi connectivity index (χ3v) is 6.30. The van der Waals surface area contributed by atoms with Crippen molar-refractivity contribution < 1.29 is 27.2 Å². The second-order valence-corrected chi connectivity index (χ2v) is 8.64. The van der Waals surface area contributed by atoms with Crippen molar-refractivity contribution >= 4 is 0 Å². The van der Waals surface area contributed by atoms with Crippen LogP contribution in [0.1, 0.15) is 68.8 Å². The molecule has 3 fully saturated rings. The molecule has 1 aromatic carbocycles. The maximum Gasteiger partial charge on any atom is 0.573 e. The fourth-order valence-corrected chi connectivity index (χ4v) is 4.89. The topological polar surface area (TPSA) is 56.5 Å². The number of nitrogens with one attached hydrogen (secondary N) is 1. The Hall–Kier alpha value is -2.06. The maximum atomic E-state index is 12.9. The number of ether oxygens (including phenoxy) is 2. The predicted molar refractivity (Wildman–Crippen MR) is 103 cm³/mol. The third kappa shape index (κ3) is 4.07. The van der Waals surface area contributed by atoms with Crippen LogP contribution in [-0.2, 0) is 4.74 Å². The van der Waals surface area contributed by atoms with Crippen LogP contribution < -0.4 is 10.1 Å². The molecule has 30 heavy (non-hydrogen) atoms. The monoisotopic (exact) mass is 422 g/mol. The Bertz CT molecular complexity index is 897. The quantitative estimate of drug-likeness (QED) is 0.668. The second-order valence-electron chi connectivity index (χ2n) is 8.64. The number of piperidine rings is 1. The van der Waals surface area contributed by atoms with Gasteiger partial charge in [0.05, 0.1) is 17.8 Å². The van der Waals surface area contributed by atoms with Crippen molar-refractivity contribution in [1.29, 1.82) is 0 Å². The smallest absolute Gasteiger partial charge is 0.405 e. The van der Waals surface area contributed by atoms with E-state index in [2.05, 4.69) is 15.2 Å². The fraction of sp³-hybridized carbons (Fsp3) is 0.591. The number of rotatable bonds is 6. The molecule has 5 nitrogen and oxygen atoms in total. The van der Waals surface area contributed by atoms with Crippen LogP contribution in [-0.4, -0.2) is 29.7 Å². The van der Waals surface area contributed by atoms with Crippen molar-refractivity contribution in [2.75, 3.05) is 0 Å². The van der Waals surface area contributed by atoms with Crippen molar-refractivity contribution in [3.05, 3.63) is 35.6 Å². The molecule has 0 spiro atoms. The Kier molecular flexibility index (Phi) is 5.01. The van der Waals surface area contributed by atoms with Crippen molar-refractivity contribution in [2.45, 2.75) is 82.0 Å². The summed E-state index contributed by atoms with van der Waals surface area (Å²) in [6.07, 6.45) is 1.25. The lowest BCUT2D eigenvalue weighted by Gasteiger charge is -2.31. The Balaban J connectivity index is 1.46. The molecule has 3 aliphatic rings. The molecule has 3 heterocycles. The molecule has 4 atom stereocenters. The number of hydrogen-bond acceptors (Lipinski definition) is 5. The number of hydrogen-bond donors (Lipinski definition) is 1. The highest BCUT2D eigenvalue weighted by Crippen LogP contribution is 2.48. The zero-order valence-corrected chi connectivity index (χ0v) is 16.7. The molecule has 2 unspecified atom stereocenters. The summed E-state index contributed by atoms with van der Waals surface area (Å²) in [4.78, 5) is 0. The normalized spacial score (nSPS) is 27.3. The van der Waals surface area contributed by atoms with Gasteiger partial charge in [0.25, 0.3) is 0 Å². The molecule has 1 aliphatic carbocycles. The zero-order valence-electron chi connectivity index (χ0n) is 16.7. The second kappa shape index (κ2) is 7.57. The Labute approximate surface area is 172 Å². The minimum absolute atomic E-state index is 0.121. The van der Waals surface area contributed by atoms with E-state index in [-0.39, 0.29) is 29.4 Å². The number of fused-ring (bicyclic) bond motifs is 2. The molecule has 1 N–H and O–H groups in total. The summed E-state index contributed by atoms with van der Waals surface area (Å²) in [7, 11) is 0. The SMILES string of the molecule is CC(OC1C[C@H]2CC[C@@H](C1)N2)c1c(-c2ccccc2OC(F)(F)F)noc1C1CC1. The van der Waals surface area contributed by atoms with Gasteiger partial charge in [0.1, 0.15) is 17.2 Å². The van der Waals surface area contributed by atoms with Gasteiger partial charge in [-0.15, -0.1) is 13.2 Å². The molecular formula is C22H25F3N2O3. The van der Waals surface area contributed by atoms with Gasteiger partial charge in [0.2, 0.25) is 0 Å². The van der Waals surface area contributed by atoms with Crippen LogP contribution in [0.15, 0.2) is 28.8 Å². The van der Waals surface area contributed by atoms with E-state index in [0.717, 1.165) is 37.0 Å². The Morgan fingerprint density at radius 1 is 1.10 bits per heavy atom. The largest absolute Gasteiger partial charge is 0.573 e. The van der Waals surface area contributed by atoms with E-state index in [1.165, 1.54) is 25.0 Å². The van der Waals surface area contributed by atoms with Crippen LogP contribution >= 0.6 is 0 Å². The van der Waals surface area contributed by atoms with Gasteiger partial charge in [-0.25, -0.2) is 0 Å². The predicted octanol–water partition coefficient (Wildman–Crippen LogP) is 5.48. The highest BCUT2D eigenvalue weighted by molar-refractivity contribution is 5.71. The molecule has 162 valence electrons. The summed E-state index contributed by atoms with van der Waals surface area (Å²) in [5, 5.41) is 7.78. The standard InChI is InChI=1S/C22H25F3N2O3/c1-12(28-16-10-14-8-9-15(11-16)26-14)19-20(27-30-21(19)13-6-7-13)17-4-2-3-5-18(17)29-22(23,24)25/h2-5,12-16,26H,6-11H2,1H3/t12?,14-,15+,16?. The van der Waals surface area contributed by atoms with Gasteiger partial charge in [0.15, 0.2) is 0 Å². The number of alkyl halides is 3. The highest BCUT2D eigenvalue weighted by atomic mass is 19.4. The molecule has 2 aromatic rings. The van der Waals surface area contributed by atoms with Gasteiger partial charge < -0.3 is 19.3 Å². The van der Waals surface area contributed by atoms with Gasteiger partial charge in [-0.2, -0.15) is 0 Å². The van der Waals surface area contributed by atoms with Crippen LogP contribution in [0.25, 0.3) is 11.3 Å².